The fourth-order valence-corrected chi connectivity index (χ4v) is 3.17. The van der Waals surface area contributed by atoms with E-state index in [0.717, 1.165) is 43.4 Å². The third-order valence-electron chi connectivity index (χ3n) is 4.30. The van der Waals surface area contributed by atoms with Crippen LogP contribution in [0.4, 0.5) is 11.5 Å². The predicted octanol–water partition coefficient (Wildman–Crippen LogP) is 2.71. The average Bonchev–Trinajstić information content (AvgIpc) is 3.05. The van der Waals surface area contributed by atoms with Crippen LogP contribution in [-0.2, 0) is 0 Å². The van der Waals surface area contributed by atoms with Gasteiger partial charge in [-0.3, -0.25) is 14.7 Å². The van der Waals surface area contributed by atoms with Gasteiger partial charge in [-0.05, 0) is 31.4 Å². The molecule has 0 spiro atoms. The number of anilines is 1. The molecule has 122 valence electrons. The Morgan fingerprint density at radius 2 is 1.75 bits per heavy atom. The van der Waals surface area contributed by atoms with E-state index in [0.29, 0.717) is 5.82 Å². The van der Waals surface area contributed by atoms with Gasteiger partial charge < -0.3 is 4.90 Å². The molecule has 0 unspecified atom stereocenters. The lowest BCUT2D eigenvalue weighted by Crippen LogP contribution is -2.31. The molecule has 4 rings (SSSR count). The Morgan fingerprint density at radius 3 is 2.54 bits per heavy atom. The largest absolute Gasteiger partial charge is 0.354 e. The number of imidazole rings is 1. The molecule has 0 atom stereocenters. The van der Waals surface area contributed by atoms with Gasteiger partial charge in [0, 0.05) is 13.1 Å². The molecule has 3 aromatic rings. The fraction of sp³-hybridized carbons (Fsp3) is 0.312. The molecule has 2 aromatic heterocycles. The second-order valence-electron chi connectivity index (χ2n) is 5.78. The Bertz CT molecular complexity index is 900. The number of hydrogen-bond acceptors (Lipinski definition) is 6. The summed E-state index contributed by atoms with van der Waals surface area (Å²) in [6, 6.07) is 7.49. The van der Waals surface area contributed by atoms with E-state index in [1.165, 1.54) is 6.33 Å². The van der Waals surface area contributed by atoms with Crippen LogP contribution in [0.3, 0.4) is 0 Å². The number of rotatable bonds is 3. The van der Waals surface area contributed by atoms with Gasteiger partial charge in [0.25, 0.3) is 0 Å². The van der Waals surface area contributed by atoms with Crippen LogP contribution in [0.5, 0.6) is 0 Å². The lowest BCUT2D eigenvalue weighted by Gasteiger charge is -2.27. The van der Waals surface area contributed by atoms with Crippen molar-refractivity contribution in [3.05, 3.63) is 47.0 Å². The van der Waals surface area contributed by atoms with E-state index in [-0.39, 0.29) is 11.5 Å². The van der Waals surface area contributed by atoms with Crippen molar-refractivity contribution in [2.45, 2.75) is 19.3 Å². The van der Waals surface area contributed by atoms with E-state index in [4.69, 9.17) is 0 Å². The number of piperidine rings is 1. The van der Waals surface area contributed by atoms with Gasteiger partial charge in [0.1, 0.15) is 12.7 Å². The molecule has 24 heavy (non-hydrogen) atoms. The maximum atomic E-state index is 11.8. The minimum absolute atomic E-state index is 0.0671. The van der Waals surface area contributed by atoms with Crippen molar-refractivity contribution in [1.82, 2.24) is 19.5 Å². The van der Waals surface area contributed by atoms with Crippen LogP contribution in [0.25, 0.3) is 16.9 Å². The Balaban J connectivity index is 1.90. The fourth-order valence-electron chi connectivity index (χ4n) is 3.17. The van der Waals surface area contributed by atoms with Crippen LogP contribution in [0.15, 0.2) is 36.9 Å². The molecule has 1 aliphatic heterocycles. The van der Waals surface area contributed by atoms with E-state index >= 15 is 0 Å². The summed E-state index contributed by atoms with van der Waals surface area (Å²) in [4.78, 5) is 26.1. The molecule has 0 radical (unpaired) electrons. The highest BCUT2D eigenvalue weighted by molar-refractivity contribution is 5.79. The third-order valence-corrected chi connectivity index (χ3v) is 4.30. The molecule has 0 N–H and O–H groups in total. The van der Waals surface area contributed by atoms with Crippen LogP contribution in [0.2, 0.25) is 0 Å². The quantitative estimate of drug-likeness (QED) is 0.543. The summed E-state index contributed by atoms with van der Waals surface area (Å²) in [5.41, 5.74) is 1.48. The van der Waals surface area contributed by atoms with Crippen molar-refractivity contribution >= 4 is 22.5 Å². The van der Waals surface area contributed by atoms with Crippen molar-refractivity contribution in [2.75, 3.05) is 18.0 Å². The Labute approximate surface area is 137 Å². The zero-order chi connectivity index (χ0) is 16.5. The predicted molar refractivity (Wildman–Crippen MR) is 89.4 cm³/mol. The summed E-state index contributed by atoms with van der Waals surface area (Å²) in [6.07, 6.45) is 6.14. The summed E-state index contributed by atoms with van der Waals surface area (Å²) >= 11 is 0. The molecule has 0 saturated carbocycles. The number of hydrogen-bond donors (Lipinski definition) is 0. The molecule has 1 aliphatic rings. The second-order valence-corrected chi connectivity index (χ2v) is 5.78. The smallest absolute Gasteiger partial charge is 0.351 e. The lowest BCUT2D eigenvalue weighted by atomic mass is 10.1. The number of aromatic nitrogens is 4. The minimum atomic E-state index is -0.395. The van der Waals surface area contributed by atoms with Crippen LogP contribution in [0.1, 0.15) is 19.3 Å². The number of benzene rings is 1. The van der Waals surface area contributed by atoms with Gasteiger partial charge in [-0.15, -0.1) is 0 Å². The zero-order valence-electron chi connectivity index (χ0n) is 13.0. The number of para-hydroxylation sites is 2. The summed E-state index contributed by atoms with van der Waals surface area (Å²) in [7, 11) is 0. The number of fused-ring (bicyclic) bond motifs is 1. The van der Waals surface area contributed by atoms with Crippen LogP contribution in [-0.4, -0.2) is 37.5 Å². The molecule has 1 saturated heterocycles. The molecule has 3 heterocycles. The first kappa shape index (κ1) is 14.6. The van der Waals surface area contributed by atoms with Crippen LogP contribution in [0, 0.1) is 10.1 Å². The molecule has 0 aliphatic carbocycles. The maximum absolute atomic E-state index is 11.8. The molecule has 1 aromatic carbocycles. The van der Waals surface area contributed by atoms with E-state index in [1.807, 2.05) is 29.2 Å². The van der Waals surface area contributed by atoms with Crippen LogP contribution < -0.4 is 4.90 Å². The van der Waals surface area contributed by atoms with E-state index in [2.05, 4.69) is 15.0 Å². The summed E-state index contributed by atoms with van der Waals surface area (Å²) in [5.74, 6) is 0.645. The number of nitro groups is 1. The topological polar surface area (TPSA) is 90.0 Å². The Hall–Kier alpha value is -3.03. The third kappa shape index (κ3) is 2.36. The normalized spacial score (nSPS) is 14.9. The van der Waals surface area contributed by atoms with E-state index < -0.39 is 4.92 Å². The van der Waals surface area contributed by atoms with Crippen molar-refractivity contribution < 1.29 is 4.92 Å². The van der Waals surface area contributed by atoms with Crippen molar-refractivity contribution in [2.24, 2.45) is 0 Å². The average molecular weight is 324 g/mol. The standard InChI is InChI=1S/C16H16N6O2/c23-22(24)14-15(20-8-4-1-5-9-20)17-10-18-16(14)21-11-19-12-6-2-3-7-13(12)21/h2-3,6-7,10-11H,1,4-5,8-9H2. The van der Waals surface area contributed by atoms with Gasteiger partial charge in [0.15, 0.2) is 0 Å². The SMILES string of the molecule is O=[N+]([O-])c1c(N2CCCCC2)ncnc1-n1cnc2ccccc21. The van der Waals surface area contributed by atoms with E-state index in [1.54, 1.807) is 10.9 Å². The zero-order valence-corrected chi connectivity index (χ0v) is 13.0. The highest BCUT2D eigenvalue weighted by atomic mass is 16.6. The van der Waals surface area contributed by atoms with Gasteiger partial charge in [-0.2, -0.15) is 0 Å². The molecular weight excluding hydrogens is 308 g/mol. The highest BCUT2D eigenvalue weighted by Crippen LogP contribution is 2.33. The van der Waals surface area contributed by atoms with Gasteiger partial charge in [0.2, 0.25) is 11.6 Å². The molecule has 0 bridgehead atoms. The van der Waals surface area contributed by atoms with Gasteiger partial charge in [0.05, 0.1) is 16.0 Å². The monoisotopic (exact) mass is 324 g/mol. The minimum Gasteiger partial charge on any atom is -0.351 e. The van der Waals surface area contributed by atoms with E-state index in [9.17, 15) is 10.1 Å². The summed E-state index contributed by atoms with van der Waals surface area (Å²) in [5, 5.41) is 11.8. The second kappa shape index (κ2) is 5.88. The van der Waals surface area contributed by atoms with Crippen molar-refractivity contribution in [1.29, 1.82) is 0 Å². The van der Waals surface area contributed by atoms with Gasteiger partial charge in [-0.1, -0.05) is 12.1 Å². The molecule has 8 heteroatoms. The molecule has 0 amide bonds. The number of nitrogens with zero attached hydrogens (tertiary/aromatic N) is 6. The first-order valence-corrected chi connectivity index (χ1v) is 7.92. The summed E-state index contributed by atoms with van der Waals surface area (Å²) in [6.45, 7) is 1.56. The Morgan fingerprint density at radius 1 is 1.00 bits per heavy atom. The molecular formula is C16H16N6O2. The molecule has 8 nitrogen and oxygen atoms in total. The Kier molecular flexibility index (Phi) is 3.56. The first-order valence-electron chi connectivity index (χ1n) is 7.92. The lowest BCUT2D eigenvalue weighted by molar-refractivity contribution is -0.384. The van der Waals surface area contributed by atoms with Gasteiger partial charge in [-0.25, -0.2) is 15.0 Å². The van der Waals surface area contributed by atoms with Crippen molar-refractivity contribution in [3.63, 3.8) is 0 Å². The highest BCUT2D eigenvalue weighted by Gasteiger charge is 2.29. The molecule has 1 fully saturated rings. The van der Waals surface area contributed by atoms with Crippen molar-refractivity contribution in [3.8, 4) is 5.82 Å². The first-order chi connectivity index (χ1) is 11.8. The maximum Gasteiger partial charge on any atom is 0.354 e. The van der Waals surface area contributed by atoms with Crippen LogP contribution >= 0.6 is 0 Å². The summed E-state index contributed by atoms with van der Waals surface area (Å²) < 4.78 is 1.66. The van der Waals surface area contributed by atoms with Gasteiger partial charge >= 0.3 is 5.69 Å².